The van der Waals surface area contributed by atoms with Crippen LogP contribution in [-0.2, 0) is 22.5 Å². The molecule has 0 saturated heterocycles. The molecule has 20 heavy (non-hydrogen) atoms. The van der Waals surface area contributed by atoms with Crippen LogP contribution in [0.4, 0.5) is 0 Å². The van der Waals surface area contributed by atoms with Gasteiger partial charge < -0.3 is 10.1 Å². The Balaban J connectivity index is 2.00. The van der Waals surface area contributed by atoms with Crippen LogP contribution >= 0.6 is 11.3 Å². The Hall–Kier alpha value is -1.65. The highest BCUT2D eigenvalue weighted by Crippen LogP contribution is 2.19. The fourth-order valence-corrected chi connectivity index (χ4v) is 2.79. The largest absolute Gasteiger partial charge is 0.469 e. The van der Waals surface area contributed by atoms with Crippen LogP contribution in [0.15, 0.2) is 41.8 Å². The molecule has 2 rings (SSSR count). The summed E-state index contributed by atoms with van der Waals surface area (Å²) in [6.07, 6.45) is 0.321. The minimum atomic E-state index is -0.205. The predicted octanol–water partition coefficient (Wildman–Crippen LogP) is 3.31. The maximum absolute atomic E-state index is 11.4. The van der Waals surface area contributed by atoms with Gasteiger partial charge in [-0.3, -0.25) is 4.79 Å². The number of thiophene rings is 1. The summed E-state index contributed by atoms with van der Waals surface area (Å²) in [4.78, 5) is 12.7. The fraction of sp³-hybridized carbons (Fsp3) is 0.312. The van der Waals surface area contributed by atoms with Crippen molar-refractivity contribution in [1.29, 1.82) is 0 Å². The lowest BCUT2D eigenvalue weighted by Gasteiger charge is -2.14. The van der Waals surface area contributed by atoms with E-state index in [4.69, 9.17) is 4.74 Å². The molecule has 0 saturated carbocycles. The van der Waals surface area contributed by atoms with Gasteiger partial charge in [0.25, 0.3) is 0 Å². The monoisotopic (exact) mass is 289 g/mol. The molecule has 1 aromatic carbocycles. The van der Waals surface area contributed by atoms with E-state index in [2.05, 4.69) is 29.8 Å². The summed E-state index contributed by atoms with van der Waals surface area (Å²) in [6.45, 7) is 2.89. The van der Waals surface area contributed by atoms with Gasteiger partial charge >= 0.3 is 5.97 Å². The lowest BCUT2D eigenvalue weighted by atomic mass is 10.0. The van der Waals surface area contributed by atoms with Crippen molar-refractivity contribution in [2.24, 2.45) is 0 Å². The third-order valence-electron chi connectivity index (χ3n) is 3.25. The zero-order chi connectivity index (χ0) is 14.4. The quantitative estimate of drug-likeness (QED) is 0.829. The van der Waals surface area contributed by atoms with Crippen molar-refractivity contribution in [3.05, 3.63) is 57.8 Å². The smallest absolute Gasteiger partial charge is 0.309 e. The molecule has 0 aliphatic heterocycles. The lowest BCUT2D eigenvalue weighted by Crippen LogP contribution is -2.18. The molecular formula is C16H19NO2S. The van der Waals surface area contributed by atoms with Gasteiger partial charge in [-0.05, 0) is 29.5 Å². The molecule has 3 nitrogen and oxygen atoms in total. The number of hydrogen-bond donors (Lipinski definition) is 1. The number of hydrogen-bond acceptors (Lipinski definition) is 4. The number of carbonyl (C=O) groups is 1. The molecule has 1 heterocycles. The van der Waals surface area contributed by atoms with Gasteiger partial charge in [0.2, 0.25) is 0 Å². The molecule has 0 amide bonds. The maximum Gasteiger partial charge on any atom is 0.309 e. The van der Waals surface area contributed by atoms with E-state index in [0.29, 0.717) is 12.5 Å². The summed E-state index contributed by atoms with van der Waals surface area (Å²) in [7, 11) is 1.42. The van der Waals surface area contributed by atoms with E-state index in [-0.39, 0.29) is 5.97 Å². The number of carbonyl (C=O) groups excluding carboxylic acids is 1. The SMILES string of the molecule is COC(=O)Cc1ccccc1CN[C@H](C)c1cccs1. The molecule has 1 atom stereocenters. The highest BCUT2D eigenvalue weighted by molar-refractivity contribution is 7.10. The predicted molar refractivity (Wildman–Crippen MR) is 81.7 cm³/mol. The highest BCUT2D eigenvalue weighted by Gasteiger charge is 2.10. The van der Waals surface area contributed by atoms with Crippen molar-refractivity contribution in [2.75, 3.05) is 7.11 Å². The van der Waals surface area contributed by atoms with E-state index >= 15 is 0 Å². The number of esters is 1. The summed E-state index contributed by atoms with van der Waals surface area (Å²) >= 11 is 1.75. The van der Waals surface area contributed by atoms with Crippen molar-refractivity contribution in [3.8, 4) is 0 Å². The van der Waals surface area contributed by atoms with Gasteiger partial charge in [0, 0.05) is 17.5 Å². The van der Waals surface area contributed by atoms with E-state index in [1.54, 1.807) is 11.3 Å². The molecule has 1 aromatic heterocycles. The molecule has 0 spiro atoms. The summed E-state index contributed by atoms with van der Waals surface area (Å²) in [6, 6.07) is 12.5. The van der Waals surface area contributed by atoms with Crippen LogP contribution in [0, 0.1) is 0 Å². The Labute approximate surface area is 123 Å². The van der Waals surface area contributed by atoms with Crippen LogP contribution < -0.4 is 5.32 Å². The topological polar surface area (TPSA) is 38.3 Å². The first-order valence-corrected chi connectivity index (χ1v) is 7.49. The highest BCUT2D eigenvalue weighted by atomic mass is 32.1. The van der Waals surface area contributed by atoms with Gasteiger partial charge in [0.1, 0.15) is 0 Å². The molecular weight excluding hydrogens is 270 g/mol. The average molecular weight is 289 g/mol. The average Bonchev–Trinajstić information content (AvgIpc) is 3.00. The number of ether oxygens (including phenoxy) is 1. The molecule has 2 aromatic rings. The second-order valence-corrected chi connectivity index (χ2v) is 5.62. The van der Waals surface area contributed by atoms with E-state index in [0.717, 1.165) is 17.7 Å². The van der Waals surface area contributed by atoms with Crippen LogP contribution in [0.1, 0.15) is 29.0 Å². The first-order chi connectivity index (χ1) is 9.70. The molecule has 0 aliphatic rings. The Bertz CT molecular complexity index is 551. The number of methoxy groups -OCH3 is 1. The van der Waals surface area contributed by atoms with Crippen molar-refractivity contribution in [1.82, 2.24) is 5.32 Å². The Morgan fingerprint density at radius 2 is 2.00 bits per heavy atom. The van der Waals surface area contributed by atoms with E-state index in [9.17, 15) is 4.79 Å². The number of nitrogens with one attached hydrogen (secondary N) is 1. The molecule has 0 bridgehead atoms. The van der Waals surface area contributed by atoms with E-state index in [1.165, 1.54) is 12.0 Å². The first-order valence-electron chi connectivity index (χ1n) is 6.61. The zero-order valence-corrected chi connectivity index (χ0v) is 12.6. The van der Waals surface area contributed by atoms with Gasteiger partial charge in [-0.15, -0.1) is 11.3 Å². The third-order valence-corrected chi connectivity index (χ3v) is 4.30. The molecule has 0 unspecified atom stereocenters. The van der Waals surface area contributed by atoms with Gasteiger partial charge in [-0.25, -0.2) is 0 Å². The van der Waals surface area contributed by atoms with Crippen LogP contribution in [-0.4, -0.2) is 13.1 Å². The number of rotatable bonds is 6. The van der Waals surface area contributed by atoms with Crippen LogP contribution in [0.2, 0.25) is 0 Å². The van der Waals surface area contributed by atoms with Gasteiger partial charge in [-0.1, -0.05) is 30.3 Å². The molecule has 0 radical (unpaired) electrons. The summed E-state index contributed by atoms with van der Waals surface area (Å²) in [5, 5.41) is 5.57. The minimum Gasteiger partial charge on any atom is -0.469 e. The van der Waals surface area contributed by atoms with Gasteiger partial charge in [0.15, 0.2) is 0 Å². The summed E-state index contributed by atoms with van der Waals surface area (Å²) in [5.41, 5.74) is 2.16. The lowest BCUT2D eigenvalue weighted by molar-refractivity contribution is -0.139. The summed E-state index contributed by atoms with van der Waals surface area (Å²) < 4.78 is 4.74. The molecule has 0 aliphatic carbocycles. The van der Waals surface area contributed by atoms with Crippen molar-refractivity contribution >= 4 is 17.3 Å². The van der Waals surface area contributed by atoms with Crippen molar-refractivity contribution in [3.63, 3.8) is 0 Å². The second kappa shape index (κ2) is 7.22. The Morgan fingerprint density at radius 1 is 1.25 bits per heavy atom. The standard InChI is InChI=1S/C16H19NO2S/c1-12(15-8-5-9-20-15)17-11-14-7-4-3-6-13(14)10-16(18)19-2/h3-9,12,17H,10-11H2,1-2H3/t12-/m1/s1. The van der Waals surface area contributed by atoms with Gasteiger partial charge in [0.05, 0.1) is 13.5 Å². The van der Waals surface area contributed by atoms with Crippen LogP contribution in [0.3, 0.4) is 0 Å². The van der Waals surface area contributed by atoms with Crippen molar-refractivity contribution < 1.29 is 9.53 Å². The molecule has 4 heteroatoms. The normalized spacial score (nSPS) is 12.1. The van der Waals surface area contributed by atoms with E-state index in [1.807, 2.05) is 24.3 Å². The first kappa shape index (κ1) is 14.8. The van der Waals surface area contributed by atoms with Crippen LogP contribution in [0.25, 0.3) is 0 Å². The molecule has 0 fully saturated rings. The maximum atomic E-state index is 11.4. The molecule has 1 N–H and O–H groups in total. The molecule has 106 valence electrons. The number of benzene rings is 1. The van der Waals surface area contributed by atoms with E-state index < -0.39 is 0 Å². The van der Waals surface area contributed by atoms with Crippen molar-refractivity contribution in [2.45, 2.75) is 25.9 Å². The minimum absolute atomic E-state index is 0.205. The Kier molecular flexibility index (Phi) is 5.32. The Morgan fingerprint density at radius 3 is 2.65 bits per heavy atom. The zero-order valence-electron chi connectivity index (χ0n) is 11.8. The third kappa shape index (κ3) is 3.92. The second-order valence-electron chi connectivity index (χ2n) is 4.64. The fourth-order valence-electron chi connectivity index (χ4n) is 2.03. The van der Waals surface area contributed by atoms with Gasteiger partial charge in [-0.2, -0.15) is 0 Å². The van der Waals surface area contributed by atoms with Crippen LogP contribution in [0.5, 0.6) is 0 Å². The summed E-state index contributed by atoms with van der Waals surface area (Å²) in [5.74, 6) is -0.205.